The number of aryl methyl sites for hydroxylation is 1. The van der Waals surface area contributed by atoms with E-state index in [1.54, 1.807) is 18.2 Å². The molecule has 1 aliphatic heterocycles. The van der Waals surface area contributed by atoms with Crippen LogP contribution in [0.3, 0.4) is 0 Å². The first-order valence-electron chi connectivity index (χ1n) is 10.5. The predicted octanol–water partition coefficient (Wildman–Crippen LogP) is 5.97. The number of Topliss-reactive ketones (excluding diaryl/α,β-unsaturated/α-hetero) is 1. The number of hydrogen-bond acceptors (Lipinski definition) is 4. The number of carbonyl (C=O) groups is 2. The molecule has 0 saturated carbocycles. The van der Waals surface area contributed by atoms with Crippen molar-refractivity contribution in [3.8, 4) is 0 Å². The van der Waals surface area contributed by atoms with E-state index in [0.29, 0.717) is 11.1 Å². The molecule has 164 valence electrons. The van der Waals surface area contributed by atoms with Crippen molar-refractivity contribution in [2.24, 2.45) is 0 Å². The Labute approximate surface area is 194 Å². The second kappa shape index (κ2) is 8.30. The summed E-state index contributed by atoms with van der Waals surface area (Å²) in [5.74, 6) is -1.97. The van der Waals surface area contributed by atoms with Gasteiger partial charge >= 0.3 is 0 Å². The molecule has 33 heavy (non-hydrogen) atoms. The van der Waals surface area contributed by atoms with Gasteiger partial charge in [0, 0.05) is 17.0 Å². The standard InChI is InChI=1S/C27H20FNO3S/c1-16-13-14-33-26(16)23-22(24(30)21-8-4-6-18-5-2-3-7-20(18)21)25(31)27(32)29(23)15-17-9-11-19(28)12-10-17/h2-14,23,30H,15H2,1H3/b24-22+. The van der Waals surface area contributed by atoms with Crippen LogP contribution >= 0.6 is 11.3 Å². The highest BCUT2D eigenvalue weighted by atomic mass is 32.1. The van der Waals surface area contributed by atoms with Gasteiger partial charge in [0.25, 0.3) is 11.7 Å². The van der Waals surface area contributed by atoms with Crippen LogP contribution in [0.1, 0.15) is 27.6 Å². The van der Waals surface area contributed by atoms with Crippen molar-refractivity contribution in [1.82, 2.24) is 4.90 Å². The zero-order valence-corrected chi connectivity index (χ0v) is 18.6. The molecule has 1 saturated heterocycles. The number of thiophene rings is 1. The van der Waals surface area contributed by atoms with Crippen LogP contribution in [0.15, 0.2) is 83.7 Å². The third kappa shape index (κ3) is 3.62. The first-order chi connectivity index (χ1) is 16.0. The Hall–Kier alpha value is -3.77. The third-order valence-electron chi connectivity index (χ3n) is 6.00. The topological polar surface area (TPSA) is 57.6 Å². The number of amides is 1. The molecule has 0 spiro atoms. The lowest BCUT2D eigenvalue weighted by molar-refractivity contribution is -0.140. The maximum Gasteiger partial charge on any atom is 0.295 e. The van der Waals surface area contributed by atoms with E-state index in [2.05, 4.69) is 0 Å². The molecule has 1 N–H and O–H groups in total. The van der Waals surface area contributed by atoms with E-state index < -0.39 is 17.7 Å². The molecule has 6 heteroatoms. The summed E-state index contributed by atoms with van der Waals surface area (Å²) in [6.07, 6.45) is 0. The lowest BCUT2D eigenvalue weighted by Crippen LogP contribution is -2.29. The van der Waals surface area contributed by atoms with Gasteiger partial charge in [-0.3, -0.25) is 9.59 Å². The molecule has 4 nitrogen and oxygen atoms in total. The van der Waals surface area contributed by atoms with Gasteiger partial charge < -0.3 is 10.0 Å². The molecular weight excluding hydrogens is 437 g/mol. The molecule has 4 aromatic rings. The Morgan fingerprint density at radius 2 is 1.73 bits per heavy atom. The monoisotopic (exact) mass is 457 g/mol. The van der Waals surface area contributed by atoms with Crippen LogP contribution < -0.4 is 0 Å². The summed E-state index contributed by atoms with van der Waals surface area (Å²) in [6, 6.07) is 20.1. The van der Waals surface area contributed by atoms with Gasteiger partial charge in [-0.25, -0.2) is 4.39 Å². The fourth-order valence-corrected chi connectivity index (χ4v) is 5.39. The Kier molecular flexibility index (Phi) is 5.30. The van der Waals surface area contributed by atoms with Crippen LogP contribution in [-0.4, -0.2) is 21.7 Å². The fraction of sp³-hybridized carbons (Fsp3) is 0.111. The van der Waals surface area contributed by atoms with Crippen molar-refractivity contribution in [3.63, 3.8) is 0 Å². The molecule has 3 aromatic carbocycles. The van der Waals surface area contributed by atoms with Crippen LogP contribution in [-0.2, 0) is 16.1 Å². The maximum atomic E-state index is 13.4. The van der Waals surface area contributed by atoms with E-state index in [1.165, 1.54) is 28.4 Å². The number of benzene rings is 3. The SMILES string of the molecule is Cc1ccsc1C1/C(=C(\O)c2cccc3ccccc23)C(=O)C(=O)N1Cc1ccc(F)cc1. The van der Waals surface area contributed by atoms with Gasteiger partial charge in [-0.2, -0.15) is 0 Å². The molecule has 0 bridgehead atoms. The summed E-state index contributed by atoms with van der Waals surface area (Å²) < 4.78 is 13.4. The van der Waals surface area contributed by atoms with Gasteiger partial charge in [-0.05, 0) is 52.4 Å². The number of halogens is 1. The summed E-state index contributed by atoms with van der Waals surface area (Å²) >= 11 is 1.44. The quantitative estimate of drug-likeness (QED) is 0.233. The highest BCUT2D eigenvalue weighted by molar-refractivity contribution is 7.10. The van der Waals surface area contributed by atoms with Crippen LogP contribution in [0, 0.1) is 12.7 Å². The molecule has 1 atom stereocenters. The Balaban J connectivity index is 1.70. The summed E-state index contributed by atoms with van der Waals surface area (Å²) in [5, 5.41) is 15.0. The highest BCUT2D eigenvalue weighted by Crippen LogP contribution is 2.44. The molecule has 1 aliphatic rings. The number of rotatable bonds is 4. The van der Waals surface area contributed by atoms with Gasteiger partial charge in [-0.1, -0.05) is 54.6 Å². The number of likely N-dealkylation sites (tertiary alicyclic amines) is 1. The Bertz CT molecular complexity index is 1420. The van der Waals surface area contributed by atoms with Crippen molar-refractivity contribution < 1.29 is 19.1 Å². The van der Waals surface area contributed by atoms with E-state index in [1.807, 2.05) is 54.8 Å². The summed E-state index contributed by atoms with van der Waals surface area (Å²) in [6.45, 7) is 2.04. The molecule has 2 heterocycles. The normalized spacial score (nSPS) is 17.8. The number of ketones is 1. The Morgan fingerprint density at radius 1 is 1.00 bits per heavy atom. The molecular formula is C27H20FNO3S. The minimum atomic E-state index is -0.728. The molecule has 0 aliphatic carbocycles. The van der Waals surface area contributed by atoms with Crippen LogP contribution in [0.25, 0.3) is 16.5 Å². The van der Waals surface area contributed by atoms with Gasteiger partial charge in [0.2, 0.25) is 0 Å². The highest BCUT2D eigenvalue weighted by Gasteiger charge is 2.47. The summed E-state index contributed by atoms with van der Waals surface area (Å²) in [4.78, 5) is 28.7. The average Bonchev–Trinajstić information content (AvgIpc) is 3.35. The molecule has 5 rings (SSSR count). The van der Waals surface area contributed by atoms with Crippen LogP contribution in [0.2, 0.25) is 0 Å². The lowest BCUT2D eigenvalue weighted by atomic mass is 9.95. The van der Waals surface area contributed by atoms with Crippen molar-refractivity contribution in [2.75, 3.05) is 0 Å². The molecule has 1 fully saturated rings. The van der Waals surface area contributed by atoms with Crippen molar-refractivity contribution in [2.45, 2.75) is 19.5 Å². The van der Waals surface area contributed by atoms with Crippen LogP contribution in [0.5, 0.6) is 0 Å². The van der Waals surface area contributed by atoms with Crippen LogP contribution in [0.4, 0.5) is 4.39 Å². The number of aliphatic hydroxyl groups is 1. The minimum absolute atomic E-state index is 0.0732. The van der Waals surface area contributed by atoms with E-state index in [-0.39, 0.29) is 23.7 Å². The third-order valence-corrected chi connectivity index (χ3v) is 7.07. The van der Waals surface area contributed by atoms with E-state index in [9.17, 15) is 19.1 Å². The molecule has 1 unspecified atom stereocenters. The molecule has 0 radical (unpaired) electrons. The van der Waals surface area contributed by atoms with Gasteiger partial charge in [-0.15, -0.1) is 11.3 Å². The van der Waals surface area contributed by atoms with E-state index in [4.69, 9.17) is 0 Å². The number of aliphatic hydroxyl groups excluding tert-OH is 1. The number of carbonyl (C=O) groups excluding carboxylic acids is 2. The first-order valence-corrected chi connectivity index (χ1v) is 11.4. The number of fused-ring (bicyclic) bond motifs is 1. The van der Waals surface area contributed by atoms with Gasteiger partial charge in [0.05, 0.1) is 5.57 Å². The van der Waals surface area contributed by atoms with Gasteiger partial charge in [0.1, 0.15) is 17.6 Å². The maximum absolute atomic E-state index is 13.4. The zero-order valence-electron chi connectivity index (χ0n) is 17.8. The van der Waals surface area contributed by atoms with Gasteiger partial charge in [0.15, 0.2) is 0 Å². The number of nitrogens with zero attached hydrogens (tertiary/aromatic N) is 1. The van der Waals surface area contributed by atoms with E-state index in [0.717, 1.165) is 21.2 Å². The lowest BCUT2D eigenvalue weighted by Gasteiger charge is -2.25. The predicted molar refractivity (Wildman–Crippen MR) is 127 cm³/mol. The zero-order chi connectivity index (χ0) is 23.1. The first kappa shape index (κ1) is 21.1. The fourth-order valence-electron chi connectivity index (χ4n) is 4.34. The van der Waals surface area contributed by atoms with E-state index >= 15 is 0 Å². The smallest absolute Gasteiger partial charge is 0.295 e. The Morgan fingerprint density at radius 3 is 2.45 bits per heavy atom. The summed E-state index contributed by atoms with van der Waals surface area (Å²) in [7, 11) is 0. The summed E-state index contributed by atoms with van der Waals surface area (Å²) in [5.41, 5.74) is 2.21. The van der Waals surface area contributed by atoms with Crippen molar-refractivity contribution in [3.05, 3.63) is 111 Å². The second-order valence-electron chi connectivity index (χ2n) is 8.05. The number of hydrogen-bond donors (Lipinski definition) is 1. The minimum Gasteiger partial charge on any atom is -0.507 e. The average molecular weight is 458 g/mol. The second-order valence-corrected chi connectivity index (χ2v) is 9.00. The largest absolute Gasteiger partial charge is 0.507 e. The molecule has 1 amide bonds. The van der Waals surface area contributed by atoms with Crippen molar-refractivity contribution in [1.29, 1.82) is 0 Å². The molecule has 1 aromatic heterocycles. The van der Waals surface area contributed by atoms with Crippen molar-refractivity contribution >= 4 is 39.6 Å².